The number of hydrogen-bond donors (Lipinski definition) is 1. The molecule has 0 bridgehead atoms. The molecule has 1 amide bonds. The van der Waals surface area contributed by atoms with Gasteiger partial charge in [-0.1, -0.05) is 18.2 Å². The number of nitrogens with zero attached hydrogens (tertiary/aromatic N) is 4. The highest BCUT2D eigenvalue weighted by Crippen LogP contribution is 2.16. The third kappa shape index (κ3) is 3.71. The maximum Gasteiger partial charge on any atom is 0.274 e. The van der Waals surface area contributed by atoms with Gasteiger partial charge in [0.05, 0.1) is 0 Å². The molecule has 0 aliphatic carbocycles. The number of piperazine rings is 1. The van der Waals surface area contributed by atoms with Crippen LogP contribution in [0.25, 0.3) is 0 Å². The number of carbonyl (C=O) groups is 1. The Morgan fingerprint density at radius 3 is 2.50 bits per heavy atom. The van der Waals surface area contributed by atoms with Crippen molar-refractivity contribution < 1.29 is 4.79 Å². The molecule has 6 nitrogen and oxygen atoms in total. The Kier molecular flexibility index (Phi) is 4.76. The van der Waals surface area contributed by atoms with Gasteiger partial charge >= 0.3 is 0 Å². The molecule has 2 aromatic rings. The molecule has 1 fully saturated rings. The summed E-state index contributed by atoms with van der Waals surface area (Å²) in [7, 11) is 2.11. The molecule has 0 saturated carbocycles. The summed E-state index contributed by atoms with van der Waals surface area (Å²) in [5, 5.41) is 2.93. The lowest BCUT2D eigenvalue weighted by Gasteiger charge is -2.32. The van der Waals surface area contributed by atoms with Crippen molar-refractivity contribution in [2.45, 2.75) is 13.8 Å². The van der Waals surface area contributed by atoms with Gasteiger partial charge in [0.2, 0.25) is 5.95 Å². The van der Waals surface area contributed by atoms with E-state index in [-0.39, 0.29) is 5.91 Å². The van der Waals surface area contributed by atoms with Crippen molar-refractivity contribution in [3.8, 4) is 0 Å². The van der Waals surface area contributed by atoms with Gasteiger partial charge in [-0.15, -0.1) is 0 Å². The van der Waals surface area contributed by atoms with Gasteiger partial charge in [-0.25, -0.2) is 9.97 Å². The molecule has 1 aromatic heterocycles. The van der Waals surface area contributed by atoms with E-state index in [1.54, 1.807) is 6.07 Å². The minimum absolute atomic E-state index is 0.204. The van der Waals surface area contributed by atoms with Gasteiger partial charge < -0.3 is 15.1 Å². The van der Waals surface area contributed by atoms with Gasteiger partial charge in [0, 0.05) is 37.6 Å². The zero-order valence-electron chi connectivity index (χ0n) is 14.4. The molecule has 1 N–H and O–H groups in total. The first-order valence-electron chi connectivity index (χ1n) is 8.19. The zero-order chi connectivity index (χ0) is 17.1. The average molecular weight is 325 g/mol. The second-order valence-electron chi connectivity index (χ2n) is 6.25. The predicted octanol–water partition coefficient (Wildman–Crippen LogP) is 2.10. The number of nitrogens with one attached hydrogen (secondary N) is 1. The van der Waals surface area contributed by atoms with Crippen LogP contribution in [0, 0.1) is 13.8 Å². The second kappa shape index (κ2) is 6.97. The number of aromatic nitrogens is 2. The summed E-state index contributed by atoms with van der Waals surface area (Å²) in [5.74, 6) is 0.434. The number of carbonyl (C=O) groups excluding carboxylic acids is 1. The zero-order valence-corrected chi connectivity index (χ0v) is 14.4. The Morgan fingerprint density at radius 1 is 1.08 bits per heavy atom. The summed E-state index contributed by atoms with van der Waals surface area (Å²) < 4.78 is 0. The molecule has 3 rings (SSSR count). The molecular weight excluding hydrogens is 302 g/mol. The highest BCUT2D eigenvalue weighted by molar-refractivity contribution is 6.03. The Hall–Kier alpha value is -2.47. The topological polar surface area (TPSA) is 61.4 Å². The number of amides is 1. The van der Waals surface area contributed by atoms with E-state index in [0.717, 1.165) is 43.1 Å². The van der Waals surface area contributed by atoms with Crippen LogP contribution in [0.15, 0.2) is 30.3 Å². The van der Waals surface area contributed by atoms with Crippen LogP contribution in [0.1, 0.15) is 21.7 Å². The Labute approximate surface area is 142 Å². The Balaban J connectivity index is 1.80. The molecule has 1 saturated heterocycles. The van der Waals surface area contributed by atoms with Crippen molar-refractivity contribution >= 4 is 17.5 Å². The maximum absolute atomic E-state index is 12.6. The Bertz CT molecular complexity index is 738. The lowest BCUT2D eigenvalue weighted by Crippen LogP contribution is -2.45. The van der Waals surface area contributed by atoms with Crippen molar-refractivity contribution in [1.82, 2.24) is 14.9 Å². The SMILES string of the molecule is Cc1cc(C(=O)Nc2ccccc2C)nc(N2CCN(C)CC2)n1. The average Bonchev–Trinajstić information content (AvgIpc) is 2.57. The minimum Gasteiger partial charge on any atom is -0.338 e. The number of hydrogen-bond acceptors (Lipinski definition) is 5. The largest absolute Gasteiger partial charge is 0.338 e. The highest BCUT2D eigenvalue weighted by atomic mass is 16.1. The smallest absolute Gasteiger partial charge is 0.274 e. The number of benzene rings is 1. The van der Waals surface area contributed by atoms with Crippen LogP contribution in [0.2, 0.25) is 0 Å². The van der Waals surface area contributed by atoms with Crippen LogP contribution >= 0.6 is 0 Å². The number of anilines is 2. The normalized spacial score (nSPS) is 15.4. The molecule has 126 valence electrons. The summed E-state index contributed by atoms with van der Waals surface area (Å²) in [6, 6.07) is 9.45. The van der Waals surface area contributed by atoms with Gasteiger partial charge in [0.25, 0.3) is 5.91 Å². The second-order valence-corrected chi connectivity index (χ2v) is 6.25. The summed E-state index contributed by atoms with van der Waals surface area (Å²) >= 11 is 0. The van der Waals surface area contributed by atoms with Crippen molar-refractivity contribution in [2.24, 2.45) is 0 Å². The van der Waals surface area contributed by atoms with E-state index in [1.807, 2.05) is 38.1 Å². The monoisotopic (exact) mass is 325 g/mol. The third-order valence-corrected chi connectivity index (χ3v) is 4.25. The maximum atomic E-state index is 12.6. The molecule has 2 heterocycles. The molecule has 1 aliphatic heterocycles. The summed E-state index contributed by atoms with van der Waals surface area (Å²) in [5.41, 5.74) is 3.03. The van der Waals surface area contributed by atoms with Gasteiger partial charge in [-0.2, -0.15) is 0 Å². The van der Waals surface area contributed by atoms with E-state index in [9.17, 15) is 4.79 Å². The van der Waals surface area contributed by atoms with Gasteiger partial charge in [-0.05, 0) is 38.6 Å². The van der Waals surface area contributed by atoms with Crippen molar-refractivity contribution in [2.75, 3.05) is 43.4 Å². The molecular formula is C18H23N5O. The lowest BCUT2D eigenvalue weighted by atomic mass is 10.2. The molecule has 1 aliphatic rings. The molecule has 0 unspecified atom stereocenters. The van der Waals surface area contributed by atoms with Crippen LogP contribution in [0.5, 0.6) is 0 Å². The minimum atomic E-state index is -0.204. The Morgan fingerprint density at radius 2 is 1.79 bits per heavy atom. The van der Waals surface area contributed by atoms with Crippen LogP contribution in [0.4, 0.5) is 11.6 Å². The fourth-order valence-electron chi connectivity index (χ4n) is 2.72. The van der Waals surface area contributed by atoms with Crippen molar-refractivity contribution in [3.05, 3.63) is 47.3 Å². The standard InChI is InChI=1S/C18H23N5O/c1-13-6-4-5-7-15(13)20-17(24)16-12-14(2)19-18(21-16)23-10-8-22(3)9-11-23/h4-7,12H,8-11H2,1-3H3,(H,20,24). The van der Waals surface area contributed by atoms with Gasteiger partial charge in [0.15, 0.2) is 0 Å². The van der Waals surface area contributed by atoms with Crippen molar-refractivity contribution in [1.29, 1.82) is 0 Å². The number of para-hydroxylation sites is 1. The number of rotatable bonds is 3. The molecule has 24 heavy (non-hydrogen) atoms. The molecule has 0 spiro atoms. The van der Waals surface area contributed by atoms with Crippen LogP contribution in [0.3, 0.4) is 0 Å². The van der Waals surface area contributed by atoms with Crippen LogP contribution in [-0.2, 0) is 0 Å². The molecule has 0 atom stereocenters. The van der Waals surface area contributed by atoms with E-state index in [2.05, 4.69) is 32.1 Å². The van der Waals surface area contributed by atoms with E-state index in [1.165, 1.54) is 0 Å². The summed E-state index contributed by atoms with van der Waals surface area (Å²) in [6.07, 6.45) is 0. The van der Waals surface area contributed by atoms with Crippen LogP contribution in [-0.4, -0.2) is 54.0 Å². The van der Waals surface area contributed by atoms with E-state index in [0.29, 0.717) is 11.6 Å². The summed E-state index contributed by atoms with van der Waals surface area (Å²) in [6.45, 7) is 7.56. The summed E-state index contributed by atoms with van der Waals surface area (Å²) in [4.78, 5) is 26.0. The number of likely N-dealkylation sites (N-methyl/N-ethyl adjacent to an activating group) is 1. The van der Waals surface area contributed by atoms with E-state index in [4.69, 9.17) is 0 Å². The van der Waals surface area contributed by atoms with Gasteiger partial charge in [-0.3, -0.25) is 4.79 Å². The quantitative estimate of drug-likeness (QED) is 0.936. The van der Waals surface area contributed by atoms with E-state index < -0.39 is 0 Å². The fourth-order valence-corrected chi connectivity index (χ4v) is 2.72. The fraction of sp³-hybridized carbons (Fsp3) is 0.389. The number of aryl methyl sites for hydroxylation is 2. The third-order valence-electron chi connectivity index (χ3n) is 4.25. The van der Waals surface area contributed by atoms with Crippen molar-refractivity contribution in [3.63, 3.8) is 0 Å². The highest BCUT2D eigenvalue weighted by Gasteiger charge is 2.19. The van der Waals surface area contributed by atoms with Gasteiger partial charge in [0.1, 0.15) is 5.69 Å². The van der Waals surface area contributed by atoms with Crippen LogP contribution < -0.4 is 10.2 Å². The first-order valence-corrected chi connectivity index (χ1v) is 8.19. The molecule has 1 aromatic carbocycles. The molecule has 6 heteroatoms. The first kappa shape index (κ1) is 16.4. The predicted molar refractivity (Wildman–Crippen MR) is 95.6 cm³/mol. The first-order chi connectivity index (χ1) is 11.5. The lowest BCUT2D eigenvalue weighted by molar-refractivity contribution is 0.102. The molecule has 0 radical (unpaired) electrons. The van der Waals surface area contributed by atoms with E-state index >= 15 is 0 Å².